The second kappa shape index (κ2) is 7.73. The molecule has 0 aliphatic heterocycles. The molecule has 1 N–H and O–H groups in total. The normalized spacial score (nSPS) is 16.4. The fourth-order valence-corrected chi connectivity index (χ4v) is 3.54. The molecular weight excluding hydrogens is 362 g/mol. The number of ketones is 1. The standard InChI is InChI=1S/C22H24ClNO3/c1-14(25)15-11-12-17-16(13-15)7-6-9-19(17)24-21(26)22(2,3)27-20-10-5-4-8-18(20)23/h4-5,8,10-13,19H,6-7,9H2,1-3H3,(H,24,26). The molecule has 4 nitrogen and oxygen atoms in total. The van der Waals surface area contributed by atoms with E-state index in [1.54, 1.807) is 32.9 Å². The van der Waals surface area contributed by atoms with Gasteiger partial charge in [-0.25, -0.2) is 0 Å². The zero-order valence-corrected chi connectivity index (χ0v) is 16.6. The fourth-order valence-electron chi connectivity index (χ4n) is 3.36. The highest BCUT2D eigenvalue weighted by Gasteiger charge is 2.33. The van der Waals surface area contributed by atoms with Gasteiger partial charge in [-0.3, -0.25) is 9.59 Å². The van der Waals surface area contributed by atoms with E-state index in [0.717, 1.165) is 30.4 Å². The van der Waals surface area contributed by atoms with E-state index in [2.05, 4.69) is 5.32 Å². The Balaban J connectivity index is 1.76. The van der Waals surface area contributed by atoms with Gasteiger partial charge in [0.25, 0.3) is 5.91 Å². The molecule has 0 saturated heterocycles. The van der Waals surface area contributed by atoms with Gasteiger partial charge in [-0.2, -0.15) is 0 Å². The van der Waals surface area contributed by atoms with E-state index in [1.807, 2.05) is 30.3 Å². The number of halogens is 1. The summed E-state index contributed by atoms with van der Waals surface area (Å²) in [5.41, 5.74) is 1.85. The van der Waals surface area contributed by atoms with E-state index in [1.165, 1.54) is 0 Å². The molecule has 0 fully saturated rings. The van der Waals surface area contributed by atoms with Crippen molar-refractivity contribution in [3.05, 3.63) is 64.2 Å². The van der Waals surface area contributed by atoms with E-state index in [-0.39, 0.29) is 17.7 Å². The second-order valence-corrected chi connectivity index (χ2v) is 7.84. The summed E-state index contributed by atoms with van der Waals surface area (Å²) in [4.78, 5) is 24.5. The molecule has 1 atom stereocenters. The number of para-hydroxylation sites is 1. The molecule has 2 aromatic rings. The molecule has 2 aromatic carbocycles. The lowest BCUT2D eigenvalue weighted by Crippen LogP contribution is -2.48. The minimum absolute atomic E-state index is 0.0539. The van der Waals surface area contributed by atoms with Gasteiger partial charge in [0, 0.05) is 5.56 Å². The average Bonchev–Trinajstić information content (AvgIpc) is 2.63. The van der Waals surface area contributed by atoms with Crippen LogP contribution >= 0.6 is 11.6 Å². The van der Waals surface area contributed by atoms with Crippen LogP contribution in [-0.4, -0.2) is 17.3 Å². The quantitative estimate of drug-likeness (QED) is 0.745. The van der Waals surface area contributed by atoms with Crippen LogP contribution in [0.5, 0.6) is 5.75 Å². The molecule has 0 aromatic heterocycles. The van der Waals surface area contributed by atoms with Gasteiger partial charge in [-0.05, 0) is 69.4 Å². The van der Waals surface area contributed by atoms with Crippen LogP contribution in [0.15, 0.2) is 42.5 Å². The number of fused-ring (bicyclic) bond motifs is 1. The van der Waals surface area contributed by atoms with Crippen molar-refractivity contribution >= 4 is 23.3 Å². The second-order valence-electron chi connectivity index (χ2n) is 7.43. The number of ether oxygens (including phenoxy) is 1. The summed E-state index contributed by atoms with van der Waals surface area (Å²) < 4.78 is 5.89. The summed E-state index contributed by atoms with van der Waals surface area (Å²) in [5, 5.41) is 3.58. The Bertz CT molecular complexity index is 876. The zero-order chi connectivity index (χ0) is 19.6. The van der Waals surface area contributed by atoms with E-state index < -0.39 is 5.60 Å². The fraction of sp³-hybridized carbons (Fsp3) is 0.364. The van der Waals surface area contributed by atoms with Crippen molar-refractivity contribution in [2.24, 2.45) is 0 Å². The van der Waals surface area contributed by atoms with Gasteiger partial charge in [-0.15, -0.1) is 0 Å². The number of hydrogen-bond donors (Lipinski definition) is 1. The average molecular weight is 386 g/mol. The molecule has 1 aliphatic carbocycles. The van der Waals surface area contributed by atoms with Crippen LogP contribution in [0.3, 0.4) is 0 Å². The Kier molecular flexibility index (Phi) is 5.56. The minimum atomic E-state index is -1.07. The number of nitrogens with one attached hydrogen (secondary N) is 1. The van der Waals surface area contributed by atoms with Gasteiger partial charge in [0.15, 0.2) is 11.4 Å². The smallest absolute Gasteiger partial charge is 0.264 e. The first-order chi connectivity index (χ1) is 12.8. The van der Waals surface area contributed by atoms with E-state index >= 15 is 0 Å². The lowest BCUT2D eigenvalue weighted by molar-refractivity contribution is -0.135. The minimum Gasteiger partial charge on any atom is -0.476 e. The lowest BCUT2D eigenvalue weighted by atomic mass is 9.86. The molecule has 142 valence electrons. The molecule has 1 unspecified atom stereocenters. The number of hydrogen-bond acceptors (Lipinski definition) is 3. The van der Waals surface area contributed by atoms with Crippen molar-refractivity contribution in [2.45, 2.75) is 51.7 Å². The van der Waals surface area contributed by atoms with Crippen molar-refractivity contribution in [3.63, 3.8) is 0 Å². The molecule has 0 spiro atoms. The highest BCUT2D eigenvalue weighted by Crippen LogP contribution is 2.32. The Hall–Kier alpha value is -2.33. The molecule has 3 rings (SSSR count). The van der Waals surface area contributed by atoms with E-state index in [0.29, 0.717) is 16.3 Å². The maximum atomic E-state index is 12.9. The number of amides is 1. The van der Waals surface area contributed by atoms with Crippen molar-refractivity contribution in [2.75, 3.05) is 0 Å². The molecule has 0 heterocycles. The van der Waals surface area contributed by atoms with Gasteiger partial charge < -0.3 is 10.1 Å². The SMILES string of the molecule is CC(=O)c1ccc2c(c1)CCCC2NC(=O)C(C)(C)Oc1ccccc1Cl. The first kappa shape index (κ1) is 19.4. The molecule has 5 heteroatoms. The summed E-state index contributed by atoms with van der Waals surface area (Å²) in [6.07, 6.45) is 2.74. The molecule has 1 aliphatic rings. The molecule has 0 bridgehead atoms. The topological polar surface area (TPSA) is 55.4 Å². The van der Waals surface area contributed by atoms with Crippen molar-refractivity contribution in [3.8, 4) is 5.75 Å². The van der Waals surface area contributed by atoms with Crippen LogP contribution in [0.1, 0.15) is 61.1 Å². The number of rotatable bonds is 5. The summed E-state index contributed by atoms with van der Waals surface area (Å²) in [7, 11) is 0. The van der Waals surface area contributed by atoms with Crippen LogP contribution in [0.2, 0.25) is 5.02 Å². The summed E-state index contributed by atoms with van der Waals surface area (Å²) in [6, 6.07) is 12.8. The predicted molar refractivity (Wildman–Crippen MR) is 106 cm³/mol. The predicted octanol–water partition coefficient (Wildman–Crippen LogP) is 4.89. The number of carbonyl (C=O) groups is 2. The summed E-state index contributed by atoms with van der Waals surface area (Å²) in [6.45, 7) is 5.03. The highest BCUT2D eigenvalue weighted by atomic mass is 35.5. The van der Waals surface area contributed by atoms with Crippen LogP contribution in [0, 0.1) is 0 Å². The Morgan fingerprint density at radius 3 is 2.63 bits per heavy atom. The van der Waals surface area contributed by atoms with E-state index in [4.69, 9.17) is 16.3 Å². The first-order valence-corrected chi connectivity index (χ1v) is 9.54. The van der Waals surface area contributed by atoms with E-state index in [9.17, 15) is 9.59 Å². The monoisotopic (exact) mass is 385 g/mol. The Morgan fingerprint density at radius 1 is 1.19 bits per heavy atom. The third-order valence-corrected chi connectivity index (χ3v) is 5.23. The molecule has 1 amide bonds. The van der Waals surface area contributed by atoms with Crippen molar-refractivity contribution in [1.82, 2.24) is 5.32 Å². The third-order valence-electron chi connectivity index (χ3n) is 4.92. The summed E-state index contributed by atoms with van der Waals surface area (Å²) >= 11 is 6.15. The molecule has 27 heavy (non-hydrogen) atoms. The van der Waals surface area contributed by atoms with Crippen LogP contribution in [-0.2, 0) is 11.2 Å². The summed E-state index contributed by atoms with van der Waals surface area (Å²) in [5.74, 6) is 0.337. The highest BCUT2D eigenvalue weighted by molar-refractivity contribution is 6.32. The number of aryl methyl sites for hydroxylation is 1. The molecule has 0 radical (unpaired) electrons. The largest absolute Gasteiger partial charge is 0.476 e. The van der Waals surface area contributed by atoms with Gasteiger partial charge in [0.1, 0.15) is 5.75 Å². The van der Waals surface area contributed by atoms with Crippen LogP contribution in [0.4, 0.5) is 0 Å². The van der Waals surface area contributed by atoms with Crippen molar-refractivity contribution in [1.29, 1.82) is 0 Å². The Morgan fingerprint density at radius 2 is 1.93 bits per heavy atom. The molecular formula is C22H24ClNO3. The zero-order valence-electron chi connectivity index (χ0n) is 15.8. The maximum Gasteiger partial charge on any atom is 0.264 e. The van der Waals surface area contributed by atoms with Gasteiger partial charge >= 0.3 is 0 Å². The van der Waals surface area contributed by atoms with Crippen molar-refractivity contribution < 1.29 is 14.3 Å². The maximum absolute atomic E-state index is 12.9. The first-order valence-electron chi connectivity index (χ1n) is 9.16. The number of carbonyl (C=O) groups excluding carboxylic acids is 2. The van der Waals surface area contributed by atoms with Crippen LogP contribution in [0.25, 0.3) is 0 Å². The molecule has 0 saturated carbocycles. The number of benzene rings is 2. The lowest BCUT2D eigenvalue weighted by Gasteiger charge is -2.31. The van der Waals surface area contributed by atoms with Gasteiger partial charge in [-0.1, -0.05) is 35.9 Å². The van der Waals surface area contributed by atoms with Gasteiger partial charge in [0.05, 0.1) is 11.1 Å². The number of Topliss-reactive ketones (excluding diaryl/α,β-unsaturated/α-hetero) is 1. The Labute approximate surface area is 164 Å². The van der Waals surface area contributed by atoms with Crippen LogP contribution < -0.4 is 10.1 Å². The third kappa shape index (κ3) is 4.33. The van der Waals surface area contributed by atoms with Gasteiger partial charge in [0.2, 0.25) is 0 Å².